The molecule has 1 aliphatic rings. The van der Waals surface area contributed by atoms with Crippen molar-refractivity contribution >= 4 is 5.91 Å². The van der Waals surface area contributed by atoms with Gasteiger partial charge in [0.2, 0.25) is 5.91 Å². The van der Waals surface area contributed by atoms with E-state index < -0.39 is 29.9 Å². The number of carbonyl (C=O) groups excluding carboxylic acids is 1. The van der Waals surface area contributed by atoms with Crippen molar-refractivity contribution in [1.82, 2.24) is 4.90 Å². The Bertz CT molecular complexity index is 365. The van der Waals surface area contributed by atoms with Gasteiger partial charge in [0, 0.05) is 19.0 Å². The van der Waals surface area contributed by atoms with Gasteiger partial charge >= 0.3 is 0 Å². The van der Waals surface area contributed by atoms with E-state index in [9.17, 15) is 9.90 Å². The van der Waals surface area contributed by atoms with Crippen LogP contribution < -0.4 is 0 Å². The van der Waals surface area contributed by atoms with E-state index in [1.165, 1.54) is 19.0 Å². The summed E-state index contributed by atoms with van der Waals surface area (Å²) in [6.45, 7) is 3.55. The monoisotopic (exact) mass is 258 g/mol. The summed E-state index contributed by atoms with van der Waals surface area (Å²) in [5, 5.41) is 13.4. The number of azide groups is 1. The highest BCUT2D eigenvalue weighted by molar-refractivity contribution is 5.82. The lowest BCUT2D eigenvalue weighted by Gasteiger charge is -2.25. The van der Waals surface area contributed by atoms with Crippen molar-refractivity contribution in [2.45, 2.75) is 37.9 Å². The first kappa shape index (κ1) is 14.7. The van der Waals surface area contributed by atoms with Crippen LogP contribution >= 0.6 is 0 Å². The van der Waals surface area contributed by atoms with E-state index in [0.717, 1.165) is 0 Å². The Balaban J connectivity index is 2.81. The third-order valence-corrected chi connectivity index (χ3v) is 2.60. The fraction of sp³-hybridized carbons (Fsp3) is 0.900. The molecule has 0 aromatic rings. The van der Waals surface area contributed by atoms with Crippen LogP contribution in [0.2, 0.25) is 0 Å². The zero-order valence-corrected chi connectivity index (χ0v) is 10.9. The highest BCUT2D eigenvalue weighted by atomic mass is 16.7. The SMILES string of the molecule is CN(C)C(=O)[C@H](N=[N+]=[N-])[C@H](O)[C@H]1COC(C)(C)O1. The molecule has 0 saturated carbocycles. The number of carbonyl (C=O) groups is 1. The number of amides is 1. The summed E-state index contributed by atoms with van der Waals surface area (Å²) in [6, 6.07) is -1.22. The molecule has 1 saturated heterocycles. The predicted octanol–water partition coefficient (Wildman–Crippen LogP) is 0.266. The lowest BCUT2D eigenvalue weighted by molar-refractivity contribution is -0.156. The van der Waals surface area contributed by atoms with Gasteiger partial charge in [-0.15, -0.1) is 0 Å². The first-order valence-electron chi connectivity index (χ1n) is 5.53. The molecule has 1 amide bonds. The Hall–Kier alpha value is -1.34. The molecule has 0 bridgehead atoms. The second-order valence-electron chi connectivity index (χ2n) is 4.74. The fourth-order valence-corrected chi connectivity index (χ4v) is 1.67. The van der Waals surface area contributed by atoms with Crippen LogP contribution in [0, 0.1) is 0 Å². The molecule has 0 aliphatic carbocycles. The van der Waals surface area contributed by atoms with E-state index >= 15 is 0 Å². The van der Waals surface area contributed by atoms with E-state index in [1.54, 1.807) is 13.8 Å². The molecule has 0 aromatic heterocycles. The minimum atomic E-state index is -1.24. The van der Waals surface area contributed by atoms with Crippen LogP contribution in [0.1, 0.15) is 13.8 Å². The molecule has 8 heteroatoms. The lowest BCUT2D eigenvalue weighted by Crippen LogP contribution is -2.46. The van der Waals surface area contributed by atoms with E-state index in [1.807, 2.05) is 0 Å². The molecule has 8 nitrogen and oxygen atoms in total. The number of aliphatic hydroxyl groups excluding tert-OH is 1. The van der Waals surface area contributed by atoms with Gasteiger partial charge in [-0.05, 0) is 19.4 Å². The molecule has 0 unspecified atom stereocenters. The van der Waals surface area contributed by atoms with E-state index in [2.05, 4.69) is 10.0 Å². The highest BCUT2D eigenvalue weighted by Crippen LogP contribution is 2.26. The molecular weight excluding hydrogens is 240 g/mol. The number of ether oxygens (including phenoxy) is 2. The molecule has 1 rings (SSSR count). The summed E-state index contributed by atoms with van der Waals surface area (Å²) in [4.78, 5) is 15.6. The second kappa shape index (κ2) is 5.53. The van der Waals surface area contributed by atoms with Crippen LogP contribution in [0.3, 0.4) is 0 Å². The summed E-state index contributed by atoms with van der Waals surface area (Å²) >= 11 is 0. The van der Waals surface area contributed by atoms with Gasteiger partial charge in [0.1, 0.15) is 12.1 Å². The first-order chi connectivity index (χ1) is 8.28. The van der Waals surface area contributed by atoms with Crippen molar-refractivity contribution < 1.29 is 19.4 Å². The maximum Gasteiger partial charge on any atom is 0.233 e. The molecule has 1 aliphatic heterocycles. The highest BCUT2D eigenvalue weighted by Gasteiger charge is 2.42. The normalized spacial score (nSPS) is 25.1. The number of likely N-dealkylation sites (N-methyl/N-ethyl adjacent to an activating group) is 1. The fourth-order valence-electron chi connectivity index (χ4n) is 1.67. The largest absolute Gasteiger partial charge is 0.389 e. The topological polar surface area (TPSA) is 108 Å². The van der Waals surface area contributed by atoms with Crippen LogP contribution in [0.15, 0.2) is 5.11 Å². The molecule has 1 fully saturated rings. The van der Waals surface area contributed by atoms with Gasteiger partial charge in [-0.25, -0.2) is 0 Å². The summed E-state index contributed by atoms with van der Waals surface area (Å²) in [5.74, 6) is -1.29. The van der Waals surface area contributed by atoms with Gasteiger partial charge in [0.05, 0.1) is 12.7 Å². The number of aliphatic hydroxyl groups is 1. The van der Waals surface area contributed by atoms with E-state index in [-0.39, 0.29) is 6.61 Å². The van der Waals surface area contributed by atoms with Crippen molar-refractivity contribution in [3.05, 3.63) is 10.4 Å². The Morgan fingerprint density at radius 2 is 2.22 bits per heavy atom. The molecule has 18 heavy (non-hydrogen) atoms. The van der Waals surface area contributed by atoms with Crippen molar-refractivity contribution in [1.29, 1.82) is 0 Å². The van der Waals surface area contributed by atoms with Crippen LogP contribution in [-0.2, 0) is 14.3 Å². The molecule has 1 heterocycles. The molecule has 102 valence electrons. The number of hydrogen-bond donors (Lipinski definition) is 1. The van der Waals surface area contributed by atoms with Crippen molar-refractivity contribution in [3.63, 3.8) is 0 Å². The van der Waals surface area contributed by atoms with Crippen LogP contribution in [-0.4, -0.2) is 60.7 Å². The summed E-state index contributed by atoms with van der Waals surface area (Å²) in [5.41, 5.74) is 8.47. The second-order valence-corrected chi connectivity index (χ2v) is 4.74. The maximum atomic E-state index is 11.8. The maximum absolute atomic E-state index is 11.8. The third-order valence-electron chi connectivity index (χ3n) is 2.60. The summed E-state index contributed by atoms with van der Waals surface area (Å²) in [7, 11) is 3.04. The zero-order valence-electron chi connectivity index (χ0n) is 10.9. The smallest absolute Gasteiger partial charge is 0.233 e. The van der Waals surface area contributed by atoms with Gasteiger partial charge in [0.25, 0.3) is 0 Å². The van der Waals surface area contributed by atoms with E-state index in [4.69, 9.17) is 15.0 Å². The summed E-state index contributed by atoms with van der Waals surface area (Å²) in [6.07, 6.45) is -1.93. The summed E-state index contributed by atoms with van der Waals surface area (Å²) < 4.78 is 10.7. The quantitative estimate of drug-likeness (QED) is 0.443. The van der Waals surface area contributed by atoms with Gasteiger partial charge in [0.15, 0.2) is 5.79 Å². The molecule has 0 radical (unpaired) electrons. The van der Waals surface area contributed by atoms with Crippen molar-refractivity contribution in [3.8, 4) is 0 Å². The number of hydrogen-bond acceptors (Lipinski definition) is 5. The molecule has 0 aromatic carbocycles. The molecular formula is C10H18N4O4. The standard InChI is InChI=1S/C10H18N4O4/c1-10(2)17-5-6(18-10)8(15)7(12-13-11)9(16)14(3)4/h6-8,15H,5H2,1-4H3/t6-,7-,8-/m1/s1. The molecule has 1 N–H and O–H groups in total. The van der Waals surface area contributed by atoms with Gasteiger partial charge in [-0.2, -0.15) is 0 Å². The Morgan fingerprint density at radius 1 is 1.61 bits per heavy atom. The molecule has 0 spiro atoms. The minimum Gasteiger partial charge on any atom is -0.389 e. The van der Waals surface area contributed by atoms with Gasteiger partial charge in [-0.1, -0.05) is 5.11 Å². The van der Waals surface area contributed by atoms with Crippen molar-refractivity contribution in [2.24, 2.45) is 5.11 Å². The molecule has 3 atom stereocenters. The van der Waals surface area contributed by atoms with Crippen LogP contribution in [0.4, 0.5) is 0 Å². The van der Waals surface area contributed by atoms with Gasteiger partial charge < -0.3 is 19.5 Å². The first-order valence-corrected chi connectivity index (χ1v) is 5.53. The van der Waals surface area contributed by atoms with E-state index in [0.29, 0.717) is 0 Å². The van der Waals surface area contributed by atoms with Gasteiger partial charge in [-0.3, -0.25) is 4.79 Å². The predicted molar refractivity (Wildman–Crippen MR) is 62.5 cm³/mol. The Kier molecular flexibility index (Phi) is 4.53. The average Bonchev–Trinajstić information content (AvgIpc) is 2.64. The average molecular weight is 258 g/mol. The Labute approximate surface area is 105 Å². The minimum absolute atomic E-state index is 0.145. The van der Waals surface area contributed by atoms with Crippen LogP contribution in [0.5, 0.6) is 0 Å². The lowest BCUT2D eigenvalue weighted by atomic mass is 10.1. The number of nitrogens with zero attached hydrogens (tertiary/aromatic N) is 4. The Morgan fingerprint density at radius 3 is 2.61 bits per heavy atom. The third kappa shape index (κ3) is 3.33. The zero-order chi connectivity index (χ0) is 13.9. The number of rotatable bonds is 4. The van der Waals surface area contributed by atoms with Crippen LogP contribution in [0.25, 0.3) is 10.4 Å². The van der Waals surface area contributed by atoms with Crippen molar-refractivity contribution in [2.75, 3.05) is 20.7 Å².